The fourth-order valence-corrected chi connectivity index (χ4v) is 3.56. The van der Waals surface area contributed by atoms with Gasteiger partial charge in [-0.15, -0.1) is 11.3 Å². The van der Waals surface area contributed by atoms with Crippen LogP contribution in [0.2, 0.25) is 0 Å². The summed E-state index contributed by atoms with van der Waals surface area (Å²) in [5.41, 5.74) is 2.26. The highest BCUT2D eigenvalue weighted by Crippen LogP contribution is 2.29. The third kappa shape index (κ3) is 2.60. The molecule has 0 unspecified atom stereocenters. The fourth-order valence-electron chi connectivity index (χ4n) is 2.60. The second-order valence-corrected chi connectivity index (χ2v) is 6.05. The van der Waals surface area contributed by atoms with Gasteiger partial charge in [0.15, 0.2) is 0 Å². The first kappa shape index (κ1) is 13.3. The molecule has 1 aliphatic heterocycles. The predicted molar refractivity (Wildman–Crippen MR) is 80.8 cm³/mol. The zero-order valence-corrected chi connectivity index (χ0v) is 12.3. The van der Waals surface area contributed by atoms with Crippen molar-refractivity contribution in [1.29, 1.82) is 5.26 Å². The van der Waals surface area contributed by atoms with E-state index < -0.39 is 0 Å². The van der Waals surface area contributed by atoms with Gasteiger partial charge in [0.1, 0.15) is 12.1 Å². The predicted octanol–water partition coefficient (Wildman–Crippen LogP) is 2.40. The van der Waals surface area contributed by atoms with Crippen molar-refractivity contribution in [3.63, 3.8) is 0 Å². The lowest BCUT2D eigenvalue weighted by atomic mass is 10.1. The molecular formula is C14H17N5S. The fraction of sp³-hybridized carbons (Fsp3) is 0.500. The lowest BCUT2D eigenvalue weighted by Crippen LogP contribution is -2.39. The molecule has 20 heavy (non-hydrogen) atoms. The molecule has 1 saturated heterocycles. The zero-order chi connectivity index (χ0) is 13.9. The highest BCUT2D eigenvalue weighted by Gasteiger charge is 2.20. The molecule has 2 aromatic heterocycles. The summed E-state index contributed by atoms with van der Waals surface area (Å²) in [6.07, 6.45) is 3.74. The minimum absolute atomic E-state index is 0.436. The Hall–Kier alpha value is -1.71. The van der Waals surface area contributed by atoms with Gasteiger partial charge in [-0.2, -0.15) is 5.26 Å². The number of aryl methyl sites for hydroxylation is 1. The van der Waals surface area contributed by atoms with Gasteiger partial charge in [0, 0.05) is 19.1 Å². The molecule has 6 heteroatoms. The molecule has 0 spiro atoms. The molecule has 1 fully saturated rings. The van der Waals surface area contributed by atoms with Gasteiger partial charge in [0.2, 0.25) is 0 Å². The van der Waals surface area contributed by atoms with Crippen LogP contribution in [0.3, 0.4) is 0 Å². The van der Waals surface area contributed by atoms with E-state index in [1.807, 2.05) is 0 Å². The summed E-state index contributed by atoms with van der Waals surface area (Å²) in [5, 5.41) is 14.4. The van der Waals surface area contributed by atoms with E-state index in [0.717, 1.165) is 42.0 Å². The number of nitriles is 1. The van der Waals surface area contributed by atoms with E-state index in [1.54, 1.807) is 17.7 Å². The molecule has 0 aromatic carbocycles. The zero-order valence-electron chi connectivity index (χ0n) is 11.5. The van der Waals surface area contributed by atoms with Crippen LogP contribution < -0.4 is 5.32 Å². The van der Waals surface area contributed by atoms with Gasteiger partial charge in [-0.3, -0.25) is 4.90 Å². The smallest absolute Gasteiger partial charge is 0.147 e. The van der Waals surface area contributed by atoms with Crippen LogP contribution in [-0.2, 0) is 0 Å². The van der Waals surface area contributed by atoms with E-state index in [1.165, 1.54) is 5.56 Å². The number of anilines is 1. The SMILES string of the molecule is Cc1csc2c(NC3CCN(CC#N)CC3)ncnc12. The Kier molecular flexibility index (Phi) is 3.81. The van der Waals surface area contributed by atoms with Crippen molar-refractivity contribution in [3.05, 3.63) is 17.3 Å². The molecule has 0 bridgehead atoms. The number of nitrogens with zero attached hydrogens (tertiary/aromatic N) is 4. The highest BCUT2D eigenvalue weighted by atomic mass is 32.1. The molecule has 1 N–H and O–H groups in total. The van der Waals surface area contributed by atoms with E-state index in [-0.39, 0.29) is 0 Å². The van der Waals surface area contributed by atoms with Crippen molar-refractivity contribution >= 4 is 27.4 Å². The summed E-state index contributed by atoms with van der Waals surface area (Å²) in [4.78, 5) is 10.9. The normalized spacial score (nSPS) is 17.2. The topological polar surface area (TPSA) is 64.8 Å². The van der Waals surface area contributed by atoms with Crippen molar-refractivity contribution in [1.82, 2.24) is 14.9 Å². The molecule has 5 nitrogen and oxygen atoms in total. The van der Waals surface area contributed by atoms with Crippen LogP contribution in [0.1, 0.15) is 18.4 Å². The molecule has 0 amide bonds. The van der Waals surface area contributed by atoms with Crippen molar-refractivity contribution in [3.8, 4) is 6.07 Å². The van der Waals surface area contributed by atoms with Crippen LogP contribution in [0, 0.1) is 18.3 Å². The number of fused-ring (bicyclic) bond motifs is 1. The van der Waals surface area contributed by atoms with Gasteiger partial charge in [-0.05, 0) is 30.7 Å². The van der Waals surface area contributed by atoms with Crippen molar-refractivity contribution in [2.24, 2.45) is 0 Å². The van der Waals surface area contributed by atoms with Crippen LogP contribution >= 0.6 is 11.3 Å². The number of aromatic nitrogens is 2. The van der Waals surface area contributed by atoms with E-state index in [9.17, 15) is 0 Å². The number of likely N-dealkylation sites (tertiary alicyclic amines) is 1. The maximum absolute atomic E-state index is 8.72. The number of thiophene rings is 1. The van der Waals surface area contributed by atoms with Gasteiger partial charge in [0.25, 0.3) is 0 Å². The quantitative estimate of drug-likeness (QED) is 0.878. The first-order valence-corrected chi connectivity index (χ1v) is 7.70. The number of hydrogen-bond donors (Lipinski definition) is 1. The summed E-state index contributed by atoms with van der Waals surface area (Å²) in [6, 6.07) is 2.65. The lowest BCUT2D eigenvalue weighted by molar-refractivity contribution is 0.242. The minimum atomic E-state index is 0.436. The number of rotatable bonds is 3. The van der Waals surface area contributed by atoms with Crippen LogP contribution in [0.15, 0.2) is 11.7 Å². The lowest BCUT2D eigenvalue weighted by Gasteiger charge is -2.30. The average molecular weight is 287 g/mol. The Bertz CT molecular complexity index is 637. The average Bonchev–Trinajstić information content (AvgIpc) is 2.84. The molecule has 1 aliphatic rings. The molecule has 0 saturated carbocycles. The highest BCUT2D eigenvalue weighted by molar-refractivity contribution is 7.18. The van der Waals surface area contributed by atoms with E-state index in [2.05, 4.69) is 38.6 Å². The van der Waals surface area contributed by atoms with E-state index in [4.69, 9.17) is 5.26 Å². The summed E-state index contributed by atoms with van der Waals surface area (Å²) in [7, 11) is 0. The van der Waals surface area contributed by atoms with Crippen molar-refractivity contribution < 1.29 is 0 Å². The molecule has 0 atom stereocenters. The van der Waals surface area contributed by atoms with Gasteiger partial charge in [0.05, 0.1) is 22.8 Å². The van der Waals surface area contributed by atoms with Gasteiger partial charge in [-0.1, -0.05) is 0 Å². The van der Waals surface area contributed by atoms with Crippen molar-refractivity contribution in [2.45, 2.75) is 25.8 Å². The van der Waals surface area contributed by atoms with Crippen molar-refractivity contribution in [2.75, 3.05) is 25.0 Å². The number of nitrogens with one attached hydrogen (secondary N) is 1. The Morgan fingerprint density at radius 3 is 3.00 bits per heavy atom. The molecule has 0 aliphatic carbocycles. The van der Waals surface area contributed by atoms with Crippen LogP contribution in [-0.4, -0.2) is 40.5 Å². The van der Waals surface area contributed by atoms with E-state index in [0.29, 0.717) is 12.6 Å². The largest absolute Gasteiger partial charge is 0.366 e. The number of piperidine rings is 1. The molecular weight excluding hydrogens is 270 g/mol. The van der Waals surface area contributed by atoms with Crippen LogP contribution in [0.4, 0.5) is 5.82 Å². The molecule has 3 heterocycles. The first-order valence-electron chi connectivity index (χ1n) is 6.82. The summed E-state index contributed by atoms with van der Waals surface area (Å²) >= 11 is 1.70. The Labute approximate surface area is 122 Å². The second kappa shape index (κ2) is 5.73. The third-order valence-electron chi connectivity index (χ3n) is 3.75. The summed E-state index contributed by atoms with van der Waals surface area (Å²) in [5.74, 6) is 0.951. The van der Waals surface area contributed by atoms with Gasteiger partial charge in [-0.25, -0.2) is 9.97 Å². The maximum atomic E-state index is 8.72. The van der Waals surface area contributed by atoms with Crippen LogP contribution in [0.5, 0.6) is 0 Å². The maximum Gasteiger partial charge on any atom is 0.147 e. The monoisotopic (exact) mass is 287 g/mol. The third-order valence-corrected chi connectivity index (χ3v) is 4.85. The molecule has 3 rings (SSSR count). The Balaban J connectivity index is 1.70. The first-order chi connectivity index (χ1) is 9.78. The molecule has 0 radical (unpaired) electrons. The standard InChI is InChI=1S/C14H17N5S/c1-10-8-20-13-12(10)16-9-17-14(13)18-11-2-5-19(6-3-11)7-4-15/h8-9,11H,2-3,5-7H2,1H3,(H,16,17,18). The molecule has 2 aromatic rings. The van der Waals surface area contributed by atoms with Gasteiger partial charge >= 0.3 is 0 Å². The Morgan fingerprint density at radius 2 is 2.25 bits per heavy atom. The summed E-state index contributed by atoms with van der Waals surface area (Å²) < 4.78 is 1.14. The number of hydrogen-bond acceptors (Lipinski definition) is 6. The summed E-state index contributed by atoms with van der Waals surface area (Å²) in [6.45, 7) is 4.57. The minimum Gasteiger partial charge on any atom is -0.366 e. The Morgan fingerprint density at radius 1 is 1.45 bits per heavy atom. The molecule has 104 valence electrons. The van der Waals surface area contributed by atoms with Crippen LogP contribution in [0.25, 0.3) is 10.2 Å². The van der Waals surface area contributed by atoms with E-state index >= 15 is 0 Å². The second-order valence-electron chi connectivity index (χ2n) is 5.17. The van der Waals surface area contributed by atoms with Gasteiger partial charge < -0.3 is 5.32 Å².